The summed E-state index contributed by atoms with van der Waals surface area (Å²) < 4.78 is 1.01. The highest BCUT2D eigenvalue weighted by atomic mass is 79.9. The molecule has 0 fully saturated rings. The van der Waals surface area contributed by atoms with Gasteiger partial charge in [-0.2, -0.15) is 0 Å². The van der Waals surface area contributed by atoms with Crippen LogP contribution in [0.5, 0.6) is 0 Å². The summed E-state index contributed by atoms with van der Waals surface area (Å²) in [4.78, 5) is 12.1. The number of hydrogen-bond donors (Lipinski definition) is 2. The lowest BCUT2D eigenvalue weighted by molar-refractivity contribution is -0.120. The van der Waals surface area contributed by atoms with E-state index in [4.69, 9.17) is 5.73 Å². The van der Waals surface area contributed by atoms with Gasteiger partial charge < -0.3 is 11.1 Å². The van der Waals surface area contributed by atoms with Crippen LogP contribution in [-0.2, 0) is 4.79 Å². The molecule has 0 aliphatic heterocycles. The van der Waals surface area contributed by atoms with Crippen LogP contribution in [0, 0.1) is 0 Å². The third-order valence-corrected chi connectivity index (χ3v) is 4.06. The largest absolute Gasteiger partial charge is 0.324 e. The molecule has 1 amide bonds. The summed E-state index contributed by atoms with van der Waals surface area (Å²) in [5.74, 6) is -0.164. The molecule has 0 bridgehead atoms. The van der Waals surface area contributed by atoms with Gasteiger partial charge in [0.1, 0.15) is 0 Å². The molecule has 0 radical (unpaired) electrons. The standard InChI is InChI=1S/C15H17BrN2O/c1-3-15(2,17)14(19)18-13-9-8-12(16)10-6-4-5-7-11(10)13/h4-9H,3,17H2,1-2H3,(H,18,19). The van der Waals surface area contributed by atoms with Crippen molar-refractivity contribution in [2.24, 2.45) is 5.73 Å². The van der Waals surface area contributed by atoms with Crippen LogP contribution in [0.4, 0.5) is 5.69 Å². The molecule has 3 nitrogen and oxygen atoms in total. The fraction of sp³-hybridized carbons (Fsp3) is 0.267. The Hall–Kier alpha value is -1.39. The van der Waals surface area contributed by atoms with Crippen molar-refractivity contribution in [1.29, 1.82) is 0 Å². The maximum absolute atomic E-state index is 12.1. The Morgan fingerprint density at radius 3 is 2.53 bits per heavy atom. The maximum Gasteiger partial charge on any atom is 0.244 e. The van der Waals surface area contributed by atoms with Crippen LogP contribution in [0.15, 0.2) is 40.9 Å². The zero-order chi connectivity index (χ0) is 14.0. The smallest absolute Gasteiger partial charge is 0.244 e. The first-order valence-corrected chi connectivity index (χ1v) is 7.02. The first-order chi connectivity index (χ1) is 8.95. The van der Waals surface area contributed by atoms with E-state index in [1.807, 2.05) is 43.3 Å². The summed E-state index contributed by atoms with van der Waals surface area (Å²) in [6.45, 7) is 3.64. The molecule has 3 N–H and O–H groups in total. The minimum absolute atomic E-state index is 0.164. The number of nitrogens with two attached hydrogens (primary N) is 1. The van der Waals surface area contributed by atoms with Gasteiger partial charge in [-0.1, -0.05) is 47.1 Å². The topological polar surface area (TPSA) is 55.1 Å². The molecule has 2 aromatic carbocycles. The maximum atomic E-state index is 12.1. The van der Waals surface area contributed by atoms with E-state index in [0.29, 0.717) is 6.42 Å². The lowest BCUT2D eigenvalue weighted by Gasteiger charge is -2.22. The normalized spacial score (nSPS) is 14.1. The minimum atomic E-state index is -0.853. The van der Waals surface area contributed by atoms with Crippen LogP contribution >= 0.6 is 15.9 Å². The van der Waals surface area contributed by atoms with E-state index in [9.17, 15) is 4.79 Å². The monoisotopic (exact) mass is 320 g/mol. The molecule has 2 rings (SSSR count). The number of benzene rings is 2. The highest BCUT2D eigenvalue weighted by Crippen LogP contribution is 2.30. The van der Waals surface area contributed by atoms with Gasteiger partial charge in [-0.05, 0) is 30.9 Å². The zero-order valence-electron chi connectivity index (χ0n) is 11.0. The molecule has 0 heterocycles. The van der Waals surface area contributed by atoms with Crippen molar-refractivity contribution >= 4 is 38.3 Å². The average molecular weight is 321 g/mol. The van der Waals surface area contributed by atoms with E-state index >= 15 is 0 Å². The van der Waals surface area contributed by atoms with Crippen LogP contribution < -0.4 is 11.1 Å². The van der Waals surface area contributed by atoms with Crippen molar-refractivity contribution < 1.29 is 4.79 Å². The highest BCUT2D eigenvalue weighted by Gasteiger charge is 2.26. The number of hydrogen-bond acceptors (Lipinski definition) is 2. The molecule has 1 unspecified atom stereocenters. The number of halogens is 1. The van der Waals surface area contributed by atoms with E-state index in [-0.39, 0.29) is 5.91 Å². The number of rotatable bonds is 3. The molecule has 2 aromatic rings. The highest BCUT2D eigenvalue weighted by molar-refractivity contribution is 9.10. The molecule has 0 aliphatic carbocycles. The Bertz CT molecular complexity index is 623. The SMILES string of the molecule is CCC(C)(N)C(=O)Nc1ccc(Br)c2ccccc12. The van der Waals surface area contributed by atoms with Crippen LogP contribution in [0.25, 0.3) is 10.8 Å². The third-order valence-electron chi connectivity index (χ3n) is 3.37. The Labute approximate surface area is 121 Å². The summed E-state index contributed by atoms with van der Waals surface area (Å²) in [5.41, 5.74) is 5.89. The van der Waals surface area contributed by atoms with E-state index in [2.05, 4.69) is 21.2 Å². The Morgan fingerprint density at radius 2 is 1.89 bits per heavy atom. The van der Waals surface area contributed by atoms with Crippen LogP contribution in [-0.4, -0.2) is 11.4 Å². The van der Waals surface area contributed by atoms with E-state index in [1.165, 1.54) is 0 Å². The summed E-state index contributed by atoms with van der Waals surface area (Å²) in [7, 11) is 0. The molecule has 19 heavy (non-hydrogen) atoms. The zero-order valence-corrected chi connectivity index (χ0v) is 12.6. The molecule has 100 valence electrons. The van der Waals surface area contributed by atoms with Crippen molar-refractivity contribution in [1.82, 2.24) is 0 Å². The van der Waals surface area contributed by atoms with Gasteiger partial charge in [-0.3, -0.25) is 4.79 Å². The summed E-state index contributed by atoms with van der Waals surface area (Å²) in [6, 6.07) is 11.7. The van der Waals surface area contributed by atoms with Crippen LogP contribution in [0.3, 0.4) is 0 Å². The van der Waals surface area contributed by atoms with E-state index in [0.717, 1.165) is 20.9 Å². The molecular formula is C15H17BrN2O. The molecule has 0 saturated heterocycles. The van der Waals surface area contributed by atoms with Crippen molar-refractivity contribution in [3.63, 3.8) is 0 Å². The van der Waals surface area contributed by atoms with Gasteiger partial charge in [0.25, 0.3) is 0 Å². The molecule has 4 heteroatoms. The van der Waals surface area contributed by atoms with E-state index in [1.54, 1.807) is 6.92 Å². The van der Waals surface area contributed by atoms with Crippen LogP contribution in [0.1, 0.15) is 20.3 Å². The predicted octanol–water partition coefficient (Wildman–Crippen LogP) is 3.67. The number of carbonyl (C=O) groups excluding carboxylic acids is 1. The Balaban J connectivity index is 2.42. The number of anilines is 1. The van der Waals surface area contributed by atoms with Gasteiger partial charge >= 0.3 is 0 Å². The van der Waals surface area contributed by atoms with Crippen LogP contribution in [0.2, 0.25) is 0 Å². The van der Waals surface area contributed by atoms with Crippen molar-refractivity contribution in [2.75, 3.05) is 5.32 Å². The summed E-state index contributed by atoms with van der Waals surface area (Å²) in [5, 5.41) is 4.98. The molecule has 0 aromatic heterocycles. The first-order valence-electron chi connectivity index (χ1n) is 6.23. The Morgan fingerprint density at radius 1 is 1.26 bits per heavy atom. The quantitative estimate of drug-likeness (QED) is 0.906. The number of nitrogens with one attached hydrogen (secondary N) is 1. The number of fused-ring (bicyclic) bond motifs is 1. The van der Waals surface area contributed by atoms with Crippen molar-refractivity contribution in [2.45, 2.75) is 25.8 Å². The lowest BCUT2D eigenvalue weighted by atomic mass is 9.99. The third kappa shape index (κ3) is 2.80. The molecule has 0 aliphatic rings. The summed E-state index contributed by atoms with van der Waals surface area (Å²) in [6.07, 6.45) is 0.591. The van der Waals surface area contributed by atoms with Crippen molar-refractivity contribution in [3.05, 3.63) is 40.9 Å². The fourth-order valence-corrected chi connectivity index (χ4v) is 2.27. The number of carbonyl (C=O) groups is 1. The van der Waals surface area contributed by atoms with Gasteiger partial charge in [0.2, 0.25) is 5.91 Å². The predicted molar refractivity (Wildman–Crippen MR) is 83.2 cm³/mol. The average Bonchev–Trinajstić information content (AvgIpc) is 2.42. The second-order valence-electron chi connectivity index (χ2n) is 4.87. The minimum Gasteiger partial charge on any atom is -0.324 e. The van der Waals surface area contributed by atoms with Gasteiger partial charge in [-0.15, -0.1) is 0 Å². The van der Waals surface area contributed by atoms with E-state index < -0.39 is 5.54 Å². The Kier molecular flexibility index (Phi) is 3.92. The van der Waals surface area contributed by atoms with Gasteiger partial charge in [0.15, 0.2) is 0 Å². The first kappa shape index (κ1) is 14.0. The second kappa shape index (κ2) is 5.31. The molecule has 0 spiro atoms. The van der Waals surface area contributed by atoms with Gasteiger partial charge in [-0.25, -0.2) is 0 Å². The van der Waals surface area contributed by atoms with Crippen molar-refractivity contribution in [3.8, 4) is 0 Å². The molecule has 0 saturated carbocycles. The number of amides is 1. The summed E-state index contributed by atoms with van der Waals surface area (Å²) >= 11 is 3.51. The lowest BCUT2D eigenvalue weighted by Crippen LogP contribution is -2.47. The fourth-order valence-electron chi connectivity index (χ4n) is 1.80. The molecule has 1 atom stereocenters. The second-order valence-corrected chi connectivity index (χ2v) is 5.72. The molecular weight excluding hydrogens is 304 g/mol. The van der Waals surface area contributed by atoms with Gasteiger partial charge in [0, 0.05) is 15.5 Å². The van der Waals surface area contributed by atoms with Gasteiger partial charge in [0.05, 0.1) is 5.54 Å².